The Labute approximate surface area is 122 Å². The molecule has 1 N–H and O–H groups in total. The Bertz CT molecular complexity index is 368. The molecule has 1 rings (SSSR count). The molecular weight excluding hydrogens is 258 g/mol. The minimum Gasteiger partial charge on any atom is -0.366 e. The molecule has 0 aliphatic heterocycles. The summed E-state index contributed by atoms with van der Waals surface area (Å²) in [6.07, 6.45) is 10.1. The van der Waals surface area contributed by atoms with Gasteiger partial charge in [0, 0.05) is 6.04 Å². The molecule has 1 aromatic rings. The zero-order chi connectivity index (χ0) is 14.1. The minimum atomic E-state index is 0.402. The van der Waals surface area contributed by atoms with Crippen LogP contribution in [0.2, 0.25) is 5.02 Å². The van der Waals surface area contributed by atoms with Gasteiger partial charge in [0.1, 0.15) is 17.2 Å². The average Bonchev–Trinajstić information content (AvgIpc) is 2.41. The van der Waals surface area contributed by atoms with E-state index < -0.39 is 0 Å². The number of unbranched alkanes of at least 4 members (excludes halogenated alkanes) is 4. The largest absolute Gasteiger partial charge is 0.366 e. The minimum absolute atomic E-state index is 0.402. The van der Waals surface area contributed by atoms with E-state index in [0.29, 0.717) is 11.1 Å². The smallest absolute Gasteiger partial charge is 0.148 e. The predicted octanol–water partition coefficient (Wildman–Crippen LogP) is 4.85. The Morgan fingerprint density at radius 3 is 2.58 bits per heavy atom. The summed E-state index contributed by atoms with van der Waals surface area (Å²) in [5.74, 6) is 0.773. The van der Waals surface area contributed by atoms with Crippen molar-refractivity contribution >= 4 is 17.4 Å². The highest BCUT2D eigenvalue weighted by molar-refractivity contribution is 6.33. The van der Waals surface area contributed by atoms with Crippen molar-refractivity contribution < 1.29 is 0 Å². The van der Waals surface area contributed by atoms with Crippen LogP contribution in [0.3, 0.4) is 0 Å². The van der Waals surface area contributed by atoms with Crippen molar-refractivity contribution in [3.8, 4) is 0 Å². The molecule has 0 aromatic carbocycles. The molecule has 1 atom stereocenters. The third kappa shape index (κ3) is 5.77. The average molecular weight is 284 g/mol. The highest BCUT2D eigenvalue weighted by atomic mass is 35.5. The van der Waals surface area contributed by atoms with E-state index in [4.69, 9.17) is 11.6 Å². The molecule has 3 nitrogen and oxygen atoms in total. The second kappa shape index (κ2) is 9.13. The lowest BCUT2D eigenvalue weighted by Crippen LogP contribution is -2.16. The number of hydrogen-bond acceptors (Lipinski definition) is 3. The van der Waals surface area contributed by atoms with Gasteiger partial charge in [-0.2, -0.15) is 0 Å². The fourth-order valence-corrected chi connectivity index (χ4v) is 2.40. The molecule has 0 radical (unpaired) electrons. The van der Waals surface area contributed by atoms with Crippen LogP contribution in [0.4, 0.5) is 5.82 Å². The van der Waals surface area contributed by atoms with Crippen LogP contribution < -0.4 is 5.32 Å². The number of nitrogens with zero attached hydrogens (tertiary/aromatic N) is 2. The molecule has 0 aliphatic carbocycles. The van der Waals surface area contributed by atoms with Crippen LogP contribution in [0.15, 0.2) is 6.33 Å². The molecule has 1 heterocycles. The summed E-state index contributed by atoms with van der Waals surface area (Å²) < 4.78 is 0. The summed E-state index contributed by atoms with van der Waals surface area (Å²) >= 11 is 6.27. The van der Waals surface area contributed by atoms with Crippen molar-refractivity contribution in [2.75, 3.05) is 5.32 Å². The molecule has 1 aromatic heterocycles. The molecule has 0 spiro atoms. The molecule has 0 bridgehead atoms. The van der Waals surface area contributed by atoms with Gasteiger partial charge in [0.25, 0.3) is 0 Å². The summed E-state index contributed by atoms with van der Waals surface area (Å²) in [6, 6.07) is 0.402. The Kier molecular flexibility index (Phi) is 7.80. The normalized spacial score (nSPS) is 12.4. The van der Waals surface area contributed by atoms with Gasteiger partial charge in [0.2, 0.25) is 0 Å². The molecule has 0 aliphatic rings. The van der Waals surface area contributed by atoms with Gasteiger partial charge < -0.3 is 5.32 Å². The number of hydrogen-bond donors (Lipinski definition) is 1. The van der Waals surface area contributed by atoms with Crippen LogP contribution in [0, 0.1) is 0 Å². The first-order valence-corrected chi connectivity index (χ1v) is 7.82. The molecule has 108 valence electrons. The molecule has 0 saturated carbocycles. The molecule has 0 saturated heterocycles. The van der Waals surface area contributed by atoms with Gasteiger partial charge in [0.15, 0.2) is 0 Å². The molecule has 0 amide bonds. The highest BCUT2D eigenvalue weighted by Crippen LogP contribution is 2.23. The van der Waals surface area contributed by atoms with E-state index in [1.54, 1.807) is 6.33 Å². The first-order valence-electron chi connectivity index (χ1n) is 7.44. The lowest BCUT2D eigenvalue weighted by Gasteiger charge is -2.16. The van der Waals surface area contributed by atoms with Crippen molar-refractivity contribution in [1.29, 1.82) is 0 Å². The Balaban J connectivity index is 2.37. The summed E-state index contributed by atoms with van der Waals surface area (Å²) in [4.78, 5) is 8.41. The van der Waals surface area contributed by atoms with E-state index >= 15 is 0 Å². The fraction of sp³-hybridized carbons (Fsp3) is 0.733. The van der Waals surface area contributed by atoms with Crippen molar-refractivity contribution in [1.82, 2.24) is 9.97 Å². The molecule has 4 heteroatoms. The Hall–Kier alpha value is -0.830. The van der Waals surface area contributed by atoms with E-state index in [-0.39, 0.29) is 0 Å². The van der Waals surface area contributed by atoms with Crippen LogP contribution in [0.25, 0.3) is 0 Å². The van der Waals surface area contributed by atoms with E-state index in [2.05, 4.69) is 36.1 Å². The summed E-state index contributed by atoms with van der Waals surface area (Å²) in [6.45, 7) is 6.48. The highest BCUT2D eigenvalue weighted by Gasteiger charge is 2.10. The van der Waals surface area contributed by atoms with Crippen LogP contribution in [0.5, 0.6) is 0 Å². The number of anilines is 1. The quantitative estimate of drug-likeness (QED) is 0.658. The Morgan fingerprint density at radius 1 is 1.16 bits per heavy atom. The zero-order valence-corrected chi connectivity index (χ0v) is 13.1. The maximum Gasteiger partial charge on any atom is 0.148 e. The summed E-state index contributed by atoms with van der Waals surface area (Å²) in [5, 5.41) is 4.06. The van der Waals surface area contributed by atoms with E-state index in [9.17, 15) is 0 Å². The molecule has 0 fully saturated rings. The first-order chi connectivity index (χ1) is 9.19. The number of rotatable bonds is 9. The number of halogens is 1. The van der Waals surface area contributed by atoms with Crippen molar-refractivity contribution in [2.45, 2.75) is 71.8 Å². The second-order valence-electron chi connectivity index (χ2n) is 5.08. The van der Waals surface area contributed by atoms with Crippen LogP contribution in [-0.4, -0.2) is 16.0 Å². The van der Waals surface area contributed by atoms with Crippen molar-refractivity contribution in [3.05, 3.63) is 17.0 Å². The van der Waals surface area contributed by atoms with Crippen molar-refractivity contribution in [3.63, 3.8) is 0 Å². The third-order valence-corrected chi connectivity index (χ3v) is 3.72. The van der Waals surface area contributed by atoms with Crippen LogP contribution in [0.1, 0.15) is 65.0 Å². The van der Waals surface area contributed by atoms with Gasteiger partial charge in [-0.25, -0.2) is 9.97 Å². The van der Waals surface area contributed by atoms with Gasteiger partial charge >= 0.3 is 0 Å². The Morgan fingerprint density at radius 2 is 1.89 bits per heavy atom. The number of nitrogens with one attached hydrogen (secondary N) is 1. The van der Waals surface area contributed by atoms with Gasteiger partial charge in [-0.1, -0.05) is 57.6 Å². The van der Waals surface area contributed by atoms with E-state index in [1.165, 1.54) is 32.1 Å². The monoisotopic (exact) mass is 283 g/mol. The summed E-state index contributed by atoms with van der Waals surface area (Å²) in [7, 11) is 0. The lowest BCUT2D eigenvalue weighted by atomic mass is 10.1. The standard InChI is InChI=1S/C15H26ClN3/c1-4-6-7-8-9-10-12(3)19-15-14(16)13(5-2)17-11-18-15/h11-12H,4-10H2,1-3H3,(H,17,18,19). The van der Waals surface area contributed by atoms with E-state index in [0.717, 1.165) is 24.4 Å². The van der Waals surface area contributed by atoms with Gasteiger partial charge in [-0.15, -0.1) is 0 Å². The third-order valence-electron chi connectivity index (χ3n) is 3.32. The molecular formula is C15H26ClN3. The maximum atomic E-state index is 6.27. The molecule has 1 unspecified atom stereocenters. The van der Waals surface area contributed by atoms with Gasteiger partial charge in [-0.05, 0) is 19.8 Å². The SMILES string of the molecule is CCCCCCCC(C)Nc1ncnc(CC)c1Cl. The maximum absolute atomic E-state index is 6.27. The van der Waals surface area contributed by atoms with Gasteiger partial charge in [0.05, 0.1) is 5.69 Å². The van der Waals surface area contributed by atoms with Gasteiger partial charge in [-0.3, -0.25) is 0 Å². The number of aryl methyl sites for hydroxylation is 1. The molecule has 19 heavy (non-hydrogen) atoms. The first kappa shape index (κ1) is 16.2. The van der Waals surface area contributed by atoms with E-state index in [1.807, 2.05) is 0 Å². The van der Waals surface area contributed by atoms with Crippen molar-refractivity contribution in [2.24, 2.45) is 0 Å². The predicted molar refractivity (Wildman–Crippen MR) is 82.9 cm³/mol. The summed E-state index contributed by atoms with van der Waals surface area (Å²) in [5.41, 5.74) is 0.911. The number of aromatic nitrogens is 2. The second-order valence-corrected chi connectivity index (χ2v) is 5.46. The fourth-order valence-electron chi connectivity index (χ4n) is 2.11. The zero-order valence-electron chi connectivity index (χ0n) is 12.4. The van der Waals surface area contributed by atoms with Crippen LogP contribution in [-0.2, 0) is 6.42 Å². The lowest BCUT2D eigenvalue weighted by molar-refractivity contribution is 0.577. The topological polar surface area (TPSA) is 37.8 Å². The van der Waals surface area contributed by atoms with Crippen LogP contribution >= 0.6 is 11.6 Å².